The second-order valence-electron chi connectivity index (χ2n) is 5.65. The molecule has 1 saturated heterocycles. The monoisotopic (exact) mass is 232 g/mol. The molecule has 0 atom stereocenters. The fraction of sp³-hybridized carbons (Fsp3) is 0.500. The Morgan fingerprint density at radius 3 is 2.06 bits per heavy atom. The Morgan fingerprint density at radius 1 is 1.06 bits per heavy atom. The van der Waals surface area contributed by atoms with Gasteiger partial charge in [-0.25, -0.2) is 4.79 Å². The largest absolute Gasteiger partial charge is 0.326 e. The summed E-state index contributed by atoms with van der Waals surface area (Å²) in [6, 6.07) is 8.39. The predicted molar refractivity (Wildman–Crippen MR) is 70.5 cm³/mol. The van der Waals surface area contributed by atoms with Gasteiger partial charge >= 0.3 is 6.03 Å². The Bertz CT molecular complexity index is 417. The van der Waals surface area contributed by atoms with Crippen molar-refractivity contribution in [2.24, 2.45) is 0 Å². The van der Waals surface area contributed by atoms with E-state index in [1.807, 2.05) is 24.1 Å². The lowest BCUT2D eigenvalue weighted by molar-refractivity contribution is 0.229. The van der Waals surface area contributed by atoms with Crippen molar-refractivity contribution in [2.75, 3.05) is 25.0 Å². The first-order chi connectivity index (χ1) is 7.89. The van der Waals surface area contributed by atoms with Crippen LogP contribution in [0.5, 0.6) is 0 Å². The first kappa shape index (κ1) is 12.0. The Morgan fingerprint density at radius 2 is 1.65 bits per heavy atom. The molecular formula is C14H20N2O. The Labute approximate surface area is 103 Å². The highest BCUT2D eigenvalue weighted by atomic mass is 16.2. The van der Waals surface area contributed by atoms with Crippen LogP contribution in [-0.4, -0.2) is 31.1 Å². The van der Waals surface area contributed by atoms with Gasteiger partial charge in [-0.3, -0.25) is 4.90 Å². The molecule has 0 radical (unpaired) electrons. The highest BCUT2D eigenvalue weighted by Crippen LogP contribution is 2.26. The first-order valence-electron chi connectivity index (χ1n) is 6.03. The fourth-order valence-corrected chi connectivity index (χ4v) is 2.03. The van der Waals surface area contributed by atoms with Gasteiger partial charge in [-0.05, 0) is 23.1 Å². The van der Waals surface area contributed by atoms with Gasteiger partial charge in [-0.2, -0.15) is 0 Å². The van der Waals surface area contributed by atoms with Gasteiger partial charge in [0, 0.05) is 25.8 Å². The third-order valence-electron chi connectivity index (χ3n) is 3.26. The van der Waals surface area contributed by atoms with Crippen LogP contribution in [-0.2, 0) is 5.41 Å². The van der Waals surface area contributed by atoms with Crippen molar-refractivity contribution >= 4 is 11.7 Å². The minimum absolute atomic E-state index is 0.0912. The average molecular weight is 232 g/mol. The van der Waals surface area contributed by atoms with Crippen LogP contribution in [0.3, 0.4) is 0 Å². The number of benzene rings is 1. The van der Waals surface area contributed by atoms with Crippen molar-refractivity contribution in [2.45, 2.75) is 26.2 Å². The lowest BCUT2D eigenvalue weighted by atomic mass is 9.87. The predicted octanol–water partition coefficient (Wildman–Crippen LogP) is 2.86. The molecule has 3 nitrogen and oxygen atoms in total. The number of hydrogen-bond donors (Lipinski definition) is 0. The highest BCUT2D eigenvalue weighted by molar-refractivity contribution is 5.93. The number of anilines is 1. The molecule has 2 rings (SSSR count). The molecule has 0 aliphatic carbocycles. The van der Waals surface area contributed by atoms with Gasteiger partial charge in [0.25, 0.3) is 0 Å². The fourth-order valence-electron chi connectivity index (χ4n) is 2.03. The average Bonchev–Trinajstić information content (AvgIpc) is 2.59. The van der Waals surface area contributed by atoms with E-state index in [1.165, 1.54) is 5.56 Å². The summed E-state index contributed by atoms with van der Waals surface area (Å²) in [6.45, 7) is 8.16. The topological polar surface area (TPSA) is 23.6 Å². The number of carbonyl (C=O) groups excluding carboxylic acids is 1. The summed E-state index contributed by atoms with van der Waals surface area (Å²) in [4.78, 5) is 15.4. The van der Waals surface area contributed by atoms with Crippen molar-refractivity contribution in [3.05, 3.63) is 29.8 Å². The molecule has 1 aromatic carbocycles. The number of likely N-dealkylation sites (N-methyl/N-ethyl adjacent to an activating group) is 1. The van der Waals surface area contributed by atoms with E-state index in [0.717, 1.165) is 18.8 Å². The van der Waals surface area contributed by atoms with E-state index in [2.05, 4.69) is 32.9 Å². The second kappa shape index (κ2) is 4.06. The third kappa shape index (κ3) is 2.28. The number of carbonyl (C=O) groups is 1. The van der Waals surface area contributed by atoms with Gasteiger partial charge < -0.3 is 4.90 Å². The number of urea groups is 1. The van der Waals surface area contributed by atoms with Crippen molar-refractivity contribution < 1.29 is 4.79 Å². The molecule has 3 heteroatoms. The van der Waals surface area contributed by atoms with Gasteiger partial charge in [0.1, 0.15) is 0 Å². The third-order valence-corrected chi connectivity index (χ3v) is 3.26. The minimum Gasteiger partial charge on any atom is -0.326 e. The summed E-state index contributed by atoms with van der Waals surface area (Å²) in [5, 5.41) is 0. The molecule has 2 amide bonds. The molecule has 1 aromatic rings. The molecule has 0 N–H and O–H groups in total. The molecule has 0 bridgehead atoms. The molecule has 1 aliphatic heterocycles. The smallest absolute Gasteiger partial charge is 0.324 e. The van der Waals surface area contributed by atoms with Gasteiger partial charge in [-0.15, -0.1) is 0 Å². The zero-order valence-electron chi connectivity index (χ0n) is 11.0. The molecule has 17 heavy (non-hydrogen) atoms. The lowest BCUT2D eigenvalue weighted by Gasteiger charge is -2.21. The van der Waals surface area contributed by atoms with Gasteiger partial charge in [0.15, 0.2) is 0 Å². The Balaban J connectivity index is 2.22. The van der Waals surface area contributed by atoms with E-state index in [1.54, 1.807) is 4.90 Å². The molecule has 1 fully saturated rings. The zero-order valence-corrected chi connectivity index (χ0v) is 11.0. The quantitative estimate of drug-likeness (QED) is 0.730. The van der Waals surface area contributed by atoms with Gasteiger partial charge in [-0.1, -0.05) is 32.9 Å². The standard InChI is InChI=1S/C14H20N2O/c1-14(2,3)11-5-7-12(8-6-11)16-10-9-15(4)13(16)17/h5-8H,9-10H2,1-4H3. The maximum atomic E-state index is 11.8. The van der Waals surface area contributed by atoms with Gasteiger partial charge in [0.05, 0.1) is 0 Å². The van der Waals surface area contributed by atoms with E-state index >= 15 is 0 Å². The van der Waals surface area contributed by atoms with E-state index < -0.39 is 0 Å². The highest BCUT2D eigenvalue weighted by Gasteiger charge is 2.26. The van der Waals surface area contributed by atoms with Crippen LogP contribution in [0.25, 0.3) is 0 Å². The molecule has 0 aromatic heterocycles. The van der Waals surface area contributed by atoms with Crippen LogP contribution < -0.4 is 4.90 Å². The van der Waals surface area contributed by atoms with Crippen LogP contribution in [0.2, 0.25) is 0 Å². The number of rotatable bonds is 1. The number of amides is 2. The van der Waals surface area contributed by atoms with E-state index in [9.17, 15) is 4.79 Å². The van der Waals surface area contributed by atoms with Crippen molar-refractivity contribution in [3.63, 3.8) is 0 Å². The maximum Gasteiger partial charge on any atom is 0.324 e. The van der Waals surface area contributed by atoms with Crippen LogP contribution in [0.1, 0.15) is 26.3 Å². The summed E-state index contributed by atoms with van der Waals surface area (Å²) < 4.78 is 0. The SMILES string of the molecule is CN1CCN(c2ccc(C(C)(C)C)cc2)C1=O. The number of hydrogen-bond acceptors (Lipinski definition) is 1. The summed E-state index contributed by atoms with van der Waals surface area (Å²) in [5.41, 5.74) is 2.44. The molecule has 1 aliphatic rings. The molecule has 0 spiro atoms. The lowest BCUT2D eigenvalue weighted by Crippen LogP contribution is -2.29. The molecular weight excluding hydrogens is 212 g/mol. The van der Waals surface area contributed by atoms with Crippen LogP contribution in [0.15, 0.2) is 24.3 Å². The van der Waals surface area contributed by atoms with Crippen LogP contribution >= 0.6 is 0 Å². The molecule has 0 unspecified atom stereocenters. The van der Waals surface area contributed by atoms with E-state index in [-0.39, 0.29) is 11.4 Å². The normalized spacial score (nSPS) is 16.8. The van der Waals surface area contributed by atoms with Crippen molar-refractivity contribution in [3.8, 4) is 0 Å². The zero-order chi connectivity index (χ0) is 12.6. The van der Waals surface area contributed by atoms with Gasteiger partial charge in [0.2, 0.25) is 0 Å². The van der Waals surface area contributed by atoms with E-state index in [0.29, 0.717) is 0 Å². The van der Waals surface area contributed by atoms with Crippen LogP contribution in [0, 0.1) is 0 Å². The molecule has 0 saturated carbocycles. The number of nitrogens with zero attached hydrogens (tertiary/aromatic N) is 2. The summed E-state index contributed by atoms with van der Waals surface area (Å²) in [6.07, 6.45) is 0. The maximum absolute atomic E-state index is 11.8. The Kier molecular flexibility index (Phi) is 2.86. The van der Waals surface area contributed by atoms with Crippen molar-refractivity contribution in [1.29, 1.82) is 0 Å². The van der Waals surface area contributed by atoms with Crippen molar-refractivity contribution in [1.82, 2.24) is 4.90 Å². The van der Waals surface area contributed by atoms with E-state index in [4.69, 9.17) is 0 Å². The summed E-state index contributed by atoms with van der Waals surface area (Å²) in [5.74, 6) is 0. The molecule has 92 valence electrons. The Hall–Kier alpha value is -1.51. The minimum atomic E-state index is 0.0912. The summed E-state index contributed by atoms with van der Waals surface area (Å²) >= 11 is 0. The first-order valence-corrected chi connectivity index (χ1v) is 6.03. The van der Waals surface area contributed by atoms with Crippen LogP contribution in [0.4, 0.5) is 10.5 Å². The summed E-state index contributed by atoms with van der Waals surface area (Å²) in [7, 11) is 1.84. The molecule has 1 heterocycles. The second-order valence-corrected chi connectivity index (χ2v) is 5.65.